The van der Waals surface area contributed by atoms with Crippen LogP contribution in [0.3, 0.4) is 0 Å². The fourth-order valence-electron chi connectivity index (χ4n) is 1.33. The number of hydrogen-bond donors (Lipinski definition) is 1. The number of nitrogens with zero attached hydrogens (tertiary/aromatic N) is 3. The van der Waals surface area contributed by atoms with E-state index < -0.39 is 0 Å². The molecule has 2 N–H and O–H groups in total. The number of nitrogen functional groups attached to an aromatic ring is 1. The van der Waals surface area contributed by atoms with Crippen molar-refractivity contribution in [1.82, 2.24) is 15.0 Å². The summed E-state index contributed by atoms with van der Waals surface area (Å²) in [7, 11) is 0. The van der Waals surface area contributed by atoms with Gasteiger partial charge in [-0.25, -0.2) is 0 Å². The Labute approximate surface area is 92.7 Å². The van der Waals surface area contributed by atoms with Gasteiger partial charge in [0.25, 0.3) is 0 Å². The maximum absolute atomic E-state index is 5.90. The zero-order valence-electron chi connectivity index (χ0n) is 8.31. The Bertz CT molecular complexity index is 478. The van der Waals surface area contributed by atoms with Crippen LogP contribution in [0.2, 0.25) is 5.02 Å². The number of halogens is 1. The normalized spacial score (nSPS) is 10.5. The summed E-state index contributed by atoms with van der Waals surface area (Å²) in [4.78, 5) is 0. The van der Waals surface area contributed by atoms with Crippen LogP contribution in [0.5, 0.6) is 0 Å². The van der Waals surface area contributed by atoms with E-state index in [0.717, 1.165) is 17.8 Å². The second-order valence-corrected chi connectivity index (χ2v) is 3.63. The van der Waals surface area contributed by atoms with Crippen molar-refractivity contribution in [2.24, 2.45) is 0 Å². The van der Waals surface area contributed by atoms with Gasteiger partial charge in [0.1, 0.15) is 5.69 Å². The van der Waals surface area contributed by atoms with Crippen molar-refractivity contribution < 1.29 is 0 Å². The molecular formula is C10H11ClN4. The molecule has 2 rings (SSSR count). The quantitative estimate of drug-likeness (QED) is 0.793. The fraction of sp³-hybridized carbons (Fsp3) is 0.200. The Balaban J connectivity index is 2.48. The fourth-order valence-corrected chi connectivity index (χ4v) is 1.50. The van der Waals surface area contributed by atoms with E-state index in [1.165, 1.54) is 0 Å². The van der Waals surface area contributed by atoms with Crippen LogP contribution in [0.4, 0.5) is 5.69 Å². The lowest BCUT2D eigenvalue weighted by molar-refractivity contribution is 0.627. The first-order chi connectivity index (χ1) is 7.20. The standard InChI is InChI=1S/C10H11ClN4/c1-2-15-6-10(13-14-15)8-5-7(11)3-4-9(8)12/h3-6H,2,12H2,1H3. The predicted molar refractivity (Wildman–Crippen MR) is 60.6 cm³/mol. The minimum Gasteiger partial charge on any atom is -0.398 e. The minimum atomic E-state index is 0.644. The van der Waals surface area contributed by atoms with Crippen LogP contribution in [0.25, 0.3) is 11.3 Å². The molecule has 1 aromatic carbocycles. The van der Waals surface area contributed by atoms with Crippen LogP contribution in [-0.4, -0.2) is 15.0 Å². The summed E-state index contributed by atoms with van der Waals surface area (Å²) in [5.74, 6) is 0. The molecule has 0 fully saturated rings. The third kappa shape index (κ3) is 1.94. The van der Waals surface area contributed by atoms with Crippen molar-refractivity contribution in [3.8, 4) is 11.3 Å². The Morgan fingerprint density at radius 3 is 2.93 bits per heavy atom. The molecule has 5 heteroatoms. The Kier molecular flexibility index (Phi) is 2.60. The van der Waals surface area contributed by atoms with E-state index in [0.29, 0.717) is 10.7 Å². The molecule has 0 atom stereocenters. The first-order valence-electron chi connectivity index (χ1n) is 4.66. The lowest BCUT2D eigenvalue weighted by atomic mass is 10.1. The first kappa shape index (κ1) is 9.98. The molecule has 0 aliphatic heterocycles. The summed E-state index contributed by atoms with van der Waals surface area (Å²) in [5.41, 5.74) is 8.06. The van der Waals surface area contributed by atoms with Gasteiger partial charge in [0.05, 0.1) is 6.20 Å². The van der Waals surface area contributed by atoms with Crippen molar-refractivity contribution in [2.45, 2.75) is 13.5 Å². The highest BCUT2D eigenvalue weighted by Crippen LogP contribution is 2.26. The third-order valence-electron chi connectivity index (χ3n) is 2.15. The summed E-state index contributed by atoms with van der Waals surface area (Å²) in [6.07, 6.45) is 1.85. The average molecular weight is 223 g/mol. The van der Waals surface area contributed by atoms with Gasteiger partial charge in [0, 0.05) is 22.8 Å². The van der Waals surface area contributed by atoms with E-state index in [1.807, 2.05) is 13.1 Å². The summed E-state index contributed by atoms with van der Waals surface area (Å²) in [6.45, 7) is 2.78. The first-order valence-corrected chi connectivity index (χ1v) is 5.04. The van der Waals surface area contributed by atoms with E-state index >= 15 is 0 Å². The summed E-state index contributed by atoms with van der Waals surface area (Å²) < 4.78 is 1.75. The number of anilines is 1. The zero-order valence-corrected chi connectivity index (χ0v) is 9.07. The number of aromatic nitrogens is 3. The molecule has 1 aromatic heterocycles. The van der Waals surface area contributed by atoms with E-state index in [-0.39, 0.29) is 0 Å². The number of nitrogens with two attached hydrogens (primary N) is 1. The molecular weight excluding hydrogens is 212 g/mol. The van der Waals surface area contributed by atoms with E-state index in [4.69, 9.17) is 17.3 Å². The second-order valence-electron chi connectivity index (χ2n) is 3.19. The van der Waals surface area contributed by atoms with Gasteiger partial charge in [-0.05, 0) is 25.1 Å². The van der Waals surface area contributed by atoms with Crippen LogP contribution < -0.4 is 5.73 Å². The van der Waals surface area contributed by atoms with Crippen molar-refractivity contribution in [3.63, 3.8) is 0 Å². The highest BCUT2D eigenvalue weighted by Gasteiger charge is 2.07. The van der Waals surface area contributed by atoms with Gasteiger partial charge in [-0.15, -0.1) is 5.10 Å². The van der Waals surface area contributed by atoms with E-state index in [1.54, 1.807) is 22.9 Å². The van der Waals surface area contributed by atoms with Gasteiger partial charge in [0.2, 0.25) is 0 Å². The molecule has 0 aliphatic carbocycles. The molecule has 0 saturated heterocycles. The molecule has 15 heavy (non-hydrogen) atoms. The number of rotatable bonds is 2. The number of hydrogen-bond acceptors (Lipinski definition) is 3. The summed E-state index contributed by atoms with van der Waals surface area (Å²) >= 11 is 5.90. The zero-order chi connectivity index (χ0) is 10.8. The van der Waals surface area contributed by atoms with Gasteiger partial charge in [-0.3, -0.25) is 4.68 Å². The highest BCUT2D eigenvalue weighted by molar-refractivity contribution is 6.31. The average Bonchev–Trinajstić information content (AvgIpc) is 2.70. The lowest BCUT2D eigenvalue weighted by Crippen LogP contribution is -1.93. The predicted octanol–water partition coefficient (Wildman–Crippen LogP) is 2.20. The Morgan fingerprint density at radius 2 is 2.27 bits per heavy atom. The van der Waals surface area contributed by atoms with Gasteiger partial charge in [-0.2, -0.15) is 0 Å². The molecule has 0 aliphatic rings. The van der Waals surface area contributed by atoms with Crippen LogP contribution >= 0.6 is 11.6 Å². The van der Waals surface area contributed by atoms with Gasteiger partial charge >= 0.3 is 0 Å². The van der Waals surface area contributed by atoms with Gasteiger partial charge < -0.3 is 5.73 Å². The van der Waals surface area contributed by atoms with Crippen molar-refractivity contribution in [1.29, 1.82) is 0 Å². The maximum atomic E-state index is 5.90. The van der Waals surface area contributed by atoms with E-state index in [2.05, 4.69) is 10.3 Å². The van der Waals surface area contributed by atoms with Crippen molar-refractivity contribution >= 4 is 17.3 Å². The molecule has 0 spiro atoms. The van der Waals surface area contributed by atoms with Crippen LogP contribution in [0.15, 0.2) is 24.4 Å². The minimum absolute atomic E-state index is 0.644. The van der Waals surface area contributed by atoms with Crippen molar-refractivity contribution in [2.75, 3.05) is 5.73 Å². The van der Waals surface area contributed by atoms with Crippen LogP contribution in [0, 0.1) is 0 Å². The van der Waals surface area contributed by atoms with Crippen molar-refractivity contribution in [3.05, 3.63) is 29.4 Å². The SMILES string of the molecule is CCn1cc(-c2cc(Cl)ccc2N)nn1. The van der Waals surface area contributed by atoms with Gasteiger partial charge in [0.15, 0.2) is 0 Å². The molecule has 78 valence electrons. The highest BCUT2D eigenvalue weighted by atomic mass is 35.5. The molecule has 4 nitrogen and oxygen atoms in total. The molecule has 2 aromatic rings. The summed E-state index contributed by atoms with van der Waals surface area (Å²) in [6, 6.07) is 5.31. The lowest BCUT2D eigenvalue weighted by Gasteiger charge is -2.01. The molecule has 0 saturated carbocycles. The Hall–Kier alpha value is -1.55. The second kappa shape index (κ2) is 3.90. The topological polar surface area (TPSA) is 56.7 Å². The Morgan fingerprint density at radius 1 is 1.47 bits per heavy atom. The summed E-state index contributed by atoms with van der Waals surface area (Å²) in [5, 5.41) is 8.63. The smallest absolute Gasteiger partial charge is 0.115 e. The van der Waals surface area contributed by atoms with Gasteiger partial charge in [-0.1, -0.05) is 16.8 Å². The van der Waals surface area contributed by atoms with Crippen LogP contribution in [-0.2, 0) is 6.54 Å². The largest absolute Gasteiger partial charge is 0.398 e. The molecule has 1 heterocycles. The molecule has 0 amide bonds. The number of aryl methyl sites for hydroxylation is 1. The molecule has 0 radical (unpaired) electrons. The maximum Gasteiger partial charge on any atom is 0.115 e. The molecule has 0 bridgehead atoms. The van der Waals surface area contributed by atoms with E-state index in [9.17, 15) is 0 Å². The van der Waals surface area contributed by atoms with Crippen LogP contribution in [0.1, 0.15) is 6.92 Å². The molecule has 0 unspecified atom stereocenters. The monoisotopic (exact) mass is 222 g/mol. The number of benzene rings is 1. The third-order valence-corrected chi connectivity index (χ3v) is 2.39.